The summed E-state index contributed by atoms with van der Waals surface area (Å²) in [5, 5.41) is 7.93. The number of thioether (sulfide) groups is 1. The quantitative estimate of drug-likeness (QED) is 0.809. The van der Waals surface area contributed by atoms with Crippen LogP contribution in [-0.2, 0) is 16.6 Å². The number of carbonyl (C=O) groups excluding carboxylic acids is 2. The molecule has 1 aliphatic heterocycles. The van der Waals surface area contributed by atoms with Gasteiger partial charge in [-0.2, -0.15) is 0 Å². The van der Waals surface area contributed by atoms with E-state index in [9.17, 15) is 9.59 Å². The standard InChI is InChI=1S/C15H16N4O2S/c1-9-4-5-11(6-10(9)2)19-13(20)7-12(14(19)21)22-15-17-16-8-18(15)3/h4-6,8,12H,7H2,1-3H3. The SMILES string of the molecule is Cc1ccc(N2C(=O)CC(Sc3nncn3C)C2=O)cc1C. The summed E-state index contributed by atoms with van der Waals surface area (Å²) >= 11 is 1.28. The van der Waals surface area contributed by atoms with Crippen molar-refractivity contribution in [2.45, 2.75) is 30.7 Å². The Labute approximate surface area is 132 Å². The van der Waals surface area contributed by atoms with E-state index in [0.29, 0.717) is 10.8 Å². The van der Waals surface area contributed by atoms with Crippen LogP contribution in [0.1, 0.15) is 17.5 Å². The monoisotopic (exact) mass is 316 g/mol. The zero-order valence-corrected chi connectivity index (χ0v) is 13.4. The highest BCUT2D eigenvalue weighted by atomic mass is 32.2. The predicted octanol–water partition coefficient (Wildman–Crippen LogP) is 1.86. The van der Waals surface area contributed by atoms with Gasteiger partial charge < -0.3 is 4.57 Å². The van der Waals surface area contributed by atoms with Gasteiger partial charge in [0.25, 0.3) is 0 Å². The third-order valence-corrected chi connectivity index (χ3v) is 5.00. The Morgan fingerprint density at radius 1 is 1.23 bits per heavy atom. The van der Waals surface area contributed by atoms with Crippen LogP contribution in [0.4, 0.5) is 5.69 Å². The lowest BCUT2D eigenvalue weighted by Gasteiger charge is -2.16. The fourth-order valence-corrected chi connectivity index (χ4v) is 3.33. The number of amides is 2. The van der Waals surface area contributed by atoms with Gasteiger partial charge in [0.1, 0.15) is 11.6 Å². The van der Waals surface area contributed by atoms with Gasteiger partial charge in [-0.25, -0.2) is 4.90 Å². The predicted molar refractivity (Wildman–Crippen MR) is 83.7 cm³/mol. The van der Waals surface area contributed by atoms with Crippen LogP contribution in [0.15, 0.2) is 29.7 Å². The summed E-state index contributed by atoms with van der Waals surface area (Å²) in [4.78, 5) is 26.1. The minimum Gasteiger partial charge on any atom is -0.312 e. The average Bonchev–Trinajstić information content (AvgIpc) is 2.99. The van der Waals surface area contributed by atoms with Crippen molar-refractivity contribution in [3.8, 4) is 0 Å². The van der Waals surface area contributed by atoms with Crippen LogP contribution < -0.4 is 4.90 Å². The lowest BCUT2D eigenvalue weighted by atomic mass is 10.1. The van der Waals surface area contributed by atoms with Crippen LogP contribution in [0.3, 0.4) is 0 Å². The highest BCUT2D eigenvalue weighted by Crippen LogP contribution is 2.33. The molecule has 1 saturated heterocycles. The minimum absolute atomic E-state index is 0.173. The number of hydrogen-bond acceptors (Lipinski definition) is 5. The number of aryl methyl sites for hydroxylation is 3. The summed E-state index contributed by atoms with van der Waals surface area (Å²) in [5.74, 6) is -0.367. The molecule has 1 aromatic heterocycles. The van der Waals surface area contributed by atoms with Gasteiger partial charge in [0.15, 0.2) is 5.16 Å². The molecule has 6 nitrogen and oxygen atoms in total. The Hall–Kier alpha value is -2.15. The number of anilines is 1. The number of rotatable bonds is 3. The highest BCUT2D eigenvalue weighted by molar-refractivity contribution is 8.00. The third kappa shape index (κ3) is 2.52. The second kappa shape index (κ2) is 5.57. The van der Waals surface area contributed by atoms with Crippen LogP contribution in [0, 0.1) is 13.8 Å². The Morgan fingerprint density at radius 2 is 2.00 bits per heavy atom. The van der Waals surface area contributed by atoms with Crippen molar-refractivity contribution in [2.75, 3.05) is 4.90 Å². The van der Waals surface area contributed by atoms with E-state index in [1.54, 1.807) is 10.9 Å². The molecule has 1 fully saturated rings. The maximum Gasteiger partial charge on any atom is 0.247 e. The largest absolute Gasteiger partial charge is 0.312 e. The minimum atomic E-state index is -0.447. The summed E-state index contributed by atoms with van der Waals surface area (Å²) < 4.78 is 1.74. The van der Waals surface area contributed by atoms with Crippen molar-refractivity contribution in [1.29, 1.82) is 0 Å². The topological polar surface area (TPSA) is 68.1 Å². The molecule has 1 aromatic carbocycles. The molecule has 2 heterocycles. The first-order valence-corrected chi connectivity index (χ1v) is 7.80. The van der Waals surface area contributed by atoms with Crippen LogP contribution in [-0.4, -0.2) is 31.8 Å². The molecule has 1 unspecified atom stereocenters. The first-order chi connectivity index (χ1) is 10.5. The van der Waals surface area contributed by atoms with Crippen LogP contribution >= 0.6 is 11.8 Å². The summed E-state index contributed by atoms with van der Waals surface area (Å²) in [6.45, 7) is 3.97. The normalized spacial score (nSPS) is 18.3. The second-order valence-corrected chi connectivity index (χ2v) is 6.54. The number of aromatic nitrogens is 3. The molecule has 1 atom stereocenters. The van der Waals surface area contributed by atoms with E-state index < -0.39 is 5.25 Å². The van der Waals surface area contributed by atoms with Gasteiger partial charge in [0.05, 0.1) is 5.69 Å². The van der Waals surface area contributed by atoms with Crippen LogP contribution in [0.5, 0.6) is 0 Å². The lowest BCUT2D eigenvalue weighted by molar-refractivity contribution is -0.121. The molecule has 1 aliphatic rings. The van der Waals surface area contributed by atoms with Crippen molar-refractivity contribution in [3.63, 3.8) is 0 Å². The Balaban J connectivity index is 1.85. The number of benzene rings is 1. The van der Waals surface area contributed by atoms with Gasteiger partial charge in [0, 0.05) is 13.5 Å². The molecule has 0 bridgehead atoms. The summed E-state index contributed by atoms with van der Waals surface area (Å²) in [6, 6.07) is 5.61. The van der Waals surface area contributed by atoms with Crippen molar-refractivity contribution < 1.29 is 9.59 Å². The molecule has 0 N–H and O–H groups in total. The Morgan fingerprint density at radius 3 is 2.64 bits per heavy atom. The number of hydrogen-bond donors (Lipinski definition) is 0. The van der Waals surface area contributed by atoms with Gasteiger partial charge in [-0.05, 0) is 37.1 Å². The molecular weight excluding hydrogens is 300 g/mol. The van der Waals surface area contributed by atoms with Crippen molar-refractivity contribution >= 4 is 29.3 Å². The van der Waals surface area contributed by atoms with Crippen molar-refractivity contribution in [2.24, 2.45) is 7.05 Å². The highest BCUT2D eigenvalue weighted by Gasteiger charge is 2.40. The fraction of sp³-hybridized carbons (Fsp3) is 0.333. The van der Waals surface area contributed by atoms with E-state index in [1.807, 2.05) is 39.1 Å². The van der Waals surface area contributed by atoms with E-state index in [4.69, 9.17) is 0 Å². The molecule has 22 heavy (non-hydrogen) atoms. The fourth-order valence-electron chi connectivity index (χ4n) is 2.34. The van der Waals surface area contributed by atoms with E-state index in [0.717, 1.165) is 11.1 Å². The molecule has 0 aliphatic carbocycles. The van der Waals surface area contributed by atoms with Crippen molar-refractivity contribution in [3.05, 3.63) is 35.7 Å². The first-order valence-electron chi connectivity index (χ1n) is 6.92. The maximum absolute atomic E-state index is 12.6. The molecule has 7 heteroatoms. The smallest absolute Gasteiger partial charge is 0.247 e. The molecule has 114 valence electrons. The van der Waals surface area contributed by atoms with Gasteiger partial charge in [-0.1, -0.05) is 17.8 Å². The van der Waals surface area contributed by atoms with E-state index in [2.05, 4.69) is 10.2 Å². The number of carbonyl (C=O) groups is 2. The van der Waals surface area contributed by atoms with Gasteiger partial charge >= 0.3 is 0 Å². The summed E-state index contributed by atoms with van der Waals surface area (Å²) in [6.07, 6.45) is 1.76. The first kappa shape index (κ1) is 14.8. The summed E-state index contributed by atoms with van der Waals surface area (Å²) in [7, 11) is 1.81. The van der Waals surface area contributed by atoms with Gasteiger partial charge in [-0.15, -0.1) is 10.2 Å². The average molecular weight is 316 g/mol. The molecule has 2 aromatic rings. The third-order valence-electron chi connectivity index (χ3n) is 3.77. The second-order valence-electron chi connectivity index (χ2n) is 5.37. The molecular formula is C15H16N4O2S. The van der Waals surface area contributed by atoms with Crippen LogP contribution in [0.2, 0.25) is 0 Å². The molecule has 3 rings (SSSR count). The zero-order valence-electron chi connectivity index (χ0n) is 12.6. The van der Waals surface area contributed by atoms with Gasteiger partial charge in [-0.3, -0.25) is 9.59 Å². The molecule has 0 radical (unpaired) electrons. The molecule has 2 amide bonds. The zero-order chi connectivity index (χ0) is 15.9. The van der Waals surface area contributed by atoms with E-state index in [-0.39, 0.29) is 18.2 Å². The van der Waals surface area contributed by atoms with Crippen molar-refractivity contribution in [1.82, 2.24) is 14.8 Å². The van der Waals surface area contributed by atoms with Gasteiger partial charge in [0.2, 0.25) is 11.8 Å². The summed E-state index contributed by atoms with van der Waals surface area (Å²) in [5.41, 5.74) is 2.83. The van der Waals surface area contributed by atoms with E-state index in [1.165, 1.54) is 16.7 Å². The van der Waals surface area contributed by atoms with E-state index >= 15 is 0 Å². The van der Waals surface area contributed by atoms with Crippen LogP contribution in [0.25, 0.3) is 0 Å². The number of imide groups is 1. The number of nitrogens with zero attached hydrogens (tertiary/aromatic N) is 4. The maximum atomic E-state index is 12.6. The Kier molecular flexibility index (Phi) is 3.74. The Bertz CT molecular complexity index is 756. The lowest BCUT2D eigenvalue weighted by Crippen LogP contribution is -2.31. The molecule has 0 spiro atoms. The molecule has 0 saturated carbocycles.